The molecule has 2 N–H and O–H groups in total. The van der Waals surface area contributed by atoms with Crippen LogP contribution in [0.25, 0.3) is 0 Å². The Hall–Kier alpha value is -1.36. The van der Waals surface area contributed by atoms with Crippen molar-refractivity contribution in [2.75, 3.05) is 13.2 Å². The Kier molecular flexibility index (Phi) is 7.30. The van der Waals surface area contributed by atoms with Crippen molar-refractivity contribution in [3.05, 3.63) is 29.8 Å². The Morgan fingerprint density at radius 3 is 2.75 bits per heavy atom. The van der Waals surface area contributed by atoms with Crippen molar-refractivity contribution in [1.29, 1.82) is 0 Å². The fourth-order valence-electron chi connectivity index (χ4n) is 1.63. The molecule has 0 aromatic heterocycles. The molecule has 0 aliphatic heterocycles. The highest BCUT2D eigenvalue weighted by molar-refractivity contribution is 7.20. The van der Waals surface area contributed by atoms with Crippen molar-refractivity contribution in [2.45, 2.75) is 26.3 Å². The zero-order valence-corrected chi connectivity index (χ0v) is 12.9. The van der Waals surface area contributed by atoms with Gasteiger partial charge in [0.25, 0.3) is 0 Å². The van der Waals surface area contributed by atoms with Gasteiger partial charge in [-0.3, -0.25) is 4.79 Å². The normalized spacial score (nSPS) is 12.8. The number of hydrogen-bond acceptors (Lipinski definition) is 5. The molecule has 2 unspecified atom stereocenters. The Morgan fingerprint density at radius 1 is 1.45 bits per heavy atom. The smallest absolute Gasteiger partial charge is 0.327 e. The number of para-hydroxylation sites is 1. The summed E-state index contributed by atoms with van der Waals surface area (Å²) in [6, 6.07) is 6.60. The van der Waals surface area contributed by atoms with Gasteiger partial charge in [-0.25, -0.2) is 0 Å². The zero-order chi connectivity index (χ0) is 15.0. The third-order valence-corrected chi connectivity index (χ3v) is 3.46. The number of rotatable bonds is 8. The molecule has 1 rings (SSSR count). The van der Waals surface area contributed by atoms with E-state index in [0.29, 0.717) is 18.7 Å². The molecule has 0 bridgehead atoms. The number of benzene rings is 1. The predicted octanol–water partition coefficient (Wildman–Crippen LogP) is 1.41. The van der Waals surface area contributed by atoms with E-state index in [0.717, 1.165) is 10.4 Å². The van der Waals surface area contributed by atoms with Crippen LogP contribution in [0, 0.1) is 0 Å². The van der Waals surface area contributed by atoms with Crippen molar-refractivity contribution in [3.63, 3.8) is 0 Å². The average Bonchev–Trinajstić information content (AvgIpc) is 2.46. The first-order valence-electron chi connectivity index (χ1n) is 6.50. The van der Waals surface area contributed by atoms with Crippen molar-refractivity contribution in [2.24, 2.45) is 5.73 Å². The van der Waals surface area contributed by atoms with Gasteiger partial charge in [-0.1, -0.05) is 23.0 Å². The van der Waals surface area contributed by atoms with Crippen LogP contribution in [0.4, 0.5) is 0 Å². The Balaban J connectivity index is 2.83. The van der Waals surface area contributed by atoms with Gasteiger partial charge in [-0.15, -0.1) is 0 Å². The van der Waals surface area contributed by atoms with Gasteiger partial charge >= 0.3 is 5.97 Å². The predicted molar refractivity (Wildman–Crippen MR) is 78.2 cm³/mol. The summed E-state index contributed by atoms with van der Waals surface area (Å²) in [6.07, 6.45) is 0.645. The average molecular weight is 300 g/mol. The summed E-state index contributed by atoms with van der Waals surface area (Å²) < 4.78 is 16.2. The topological polar surface area (TPSA) is 81.9 Å². The third kappa shape index (κ3) is 4.63. The second-order valence-corrected chi connectivity index (χ2v) is 4.85. The Labute approximate surface area is 120 Å². The molecule has 0 saturated carbocycles. The monoisotopic (exact) mass is 300 g/mol. The van der Waals surface area contributed by atoms with Crippen LogP contribution in [0.15, 0.2) is 24.3 Å². The summed E-state index contributed by atoms with van der Waals surface area (Å²) in [6.45, 7) is 4.07. The SMILES string of the molecule is CCOC(=O)C(C)N(Oc1ccccc1CCN)[PH2]=O. The van der Waals surface area contributed by atoms with E-state index in [2.05, 4.69) is 0 Å². The van der Waals surface area contributed by atoms with Crippen molar-refractivity contribution in [3.8, 4) is 5.75 Å². The number of ether oxygens (including phenoxy) is 1. The van der Waals surface area contributed by atoms with E-state index >= 15 is 0 Å². The van der Waals surface area contributed by atoms with Crippen molar-refractivity contribution >= 4 is 14.6 Å². The minimum absolute atomic E-state index is 0.273. The summed E-state index contributed by atoms with van der Waals surface area (Å²) in [5, 5.41) is 0. The zero-order valence-electron chi connectivity index (χ0n) is 11.7. The lowest BCUT2D eigenvalue weighted by atomic mass is 10.1. The summed E-state index contributed by atoms with van der Waals surface area (Å²) >= 11 is 0. The van der Waals surface area contributed by atoms with E-state index in [4.69, 9.17) is 15.3 Å². The minimum atomic E-state index is -1.42. The van der Waals surface area contributed by atoms with Gasteiger partial charge in [-0.2, -0.15) is 0 Å². The van der Waals surface area contributed by atoms with Crippen molar-refractivity contribution < 1.29 is 18.9 Å². The molecule has 0 aliphatic rings. The maximum atomic E-state index is 11.7. The van der Waals surface area contributed by atoms with Gasteiger partial charge in [0.15, 0.2) is 14.4 Å². The molecule has 7 heteroatoms. The van der Waals surface area contributed by atoms with E-state index in [-0.39, 0.29) is 6.61 Å². The number of hydroxylamine groups is 1. The molecule has 112 valence electrons. The van der Waals surface area contributed by atoms with E-state index in [1.165, 1.54) is 0 Å². The Morgan fingerprint density at radius 2 is 2.15 bits per heavy atom. The van der Waals surface area contributed by atoms with E-state index < -0.39 is 20.6 Å². The second kappa shape index (κ2) is 8.74. The molecule has 0 fully saturated rings. The highest BCUT2D eigenvalue weighted by Gasteiger charge is 2.24. The van der Waals surface area contributed by atoms with Gasteiger partial charge in [0.2, 0.25) is 0 Å². The van der Waals surface area contributed by atoms with Crippen LogP contribution >= 0.6 is 8.61 Å². The van der Waals surface area contributed by atoms with Crippen molar-refractivity contribution in [1.82, 2.24) is 4.83 Å². The molecule has 1 aromatic rings. The molecular weight excluding hydrogens is 279 g/mol. The molecule has 0 aliphatic carbocycles. The number of nitrogens with zero attached hydrogens (tertiary/aromatic N) is 1. The van der Waals surface area contributed by atoms with Gasteiger partial charge in [0, 0.05) is 0 Å². The highest BCUT2D eigenvalue weighted by atomic mass is 31.1. The summed E-state index contributed by atoms with van der Waals surface area (Å²) in [4.78, 5) is 18.4. The molecule has 0 radical (unpaired) electrons. The lowest BCUT2D eigenvalue weighted by Gasteiger charge is -2.23. The van der Waals surface area contributed by atoms with Gasteiger partial charge in [0.1, 0.15) is 6.04 Å². The van der Waals surface area contributed by atoms with Crippen LogP contribution < -0.4 is 10.6 Å². The number of carbonyl (C=O) groups is 1. The lowest BCUT2D eigenvalue weighted by Crippen LogP contribution is -2.36. The number of nitrogens with two attached hydrogens (primary N) is 1. The fraction of sp³-hybridized carbons (Fsp3) is 0.462. The number of esters is 1. The maximum Gasteiger partial charge on any atom is 0.327 e. The maximum absolute atomic E-state index is 11.7. The van der Waals surface area contributed by atoms with E-state index in [9.17, 15) is 9.36 Å². The summed E-state index contributed by atoms with van der Waals surface area (Å²) in [5.74, 6) is 0.0876. The molecule has 2 atom stereocenters. The quantitative estimate of drug-likeness (QED) is 0.444. The molecule has 0 saturated heterocycles. The van der Waals surface area contributed by atoms with Crippen LogP contribution in [-0.2, 0) is 20.5 Å². The summed E-state index contributed by atoms with van der Waals surface area (Å²) in [7, 11) is -1.42. The van der Waals surface area contributed by atoms with Gasteiger partial charge in [0.05, 0.1) is 6.61 Å². The van der Waals surface area contributed by atoms with Gasteiger partial charge in [-0.05, 0) is 38.4 Å². The molecule has 1 aromatic carbocycles. The molecule has 0 heterocycles. The first-order chi connectivity index (χ1) is 9.63. The number of carbonyl (C=O) groups excluding carboxylic acids is 1. The fourth-order valence-corrected chi connectivity index (χ4v) is 2.09. The Bertz CT molecular complexity index is 456. The third-order valence-electron chi connectivity index (χ3n) is 2.70. The molecule has 6 nitrogen and oxygen atoms in total. The first kappa shape index (κ1) is 16.7. The molecular formula is C13H21N2O4P. The van der Waals surface area contributed by atoms with Crippen LogP contribution in [0.5, 0.6) is 5.75 Å². The number of hydrogen-bond donors (Lipinski definition) is 1. The highest BCUT2D eigenvalue weighted by Crippen LogP contribution is 2.23. The van der Waals surface area contributed by atoms with Crippen LogP contribution in [0.3, 0.4) is 0 Å². The largest absolute Gasteiger partial charge is 0.465 e. The minimum Gasteiger partial charge on any atom is -0.465 e. The lowest BCUT2D eigenvalue weighted by molar-refractivity contribution is -0.153. The van der Waals surface area contributed by atoms with Crippen LogP contribution in [-0.4, -0.2) is 30.0 Å². The first-order valence-corrected chi connectivity index (χ1v) is 7.49. The second-order valence-electron chi connectivity index (χ2n) is 4.13. The molecule has 20 heavy (non-hydrogen) atoms. The standard InChI is InChI=1S/C13H21N2O4P/c1-3-18-13(16)10(2)15(20-17)19-12-7-5-4-6-11(12)8-9-14/h4-7,10H,3,8-9,14,20H2,1-2H3. The van der Waals surface area contributed by atoms with Crippen LogP contribution in [0.1, 0.15) is 19.4 Å². The molecule has 0 spiro atoms. The van der Waals surface area contributed by atoms with E-state index in [1.807, 2.05) is 18.2 Å². The summed E-state index contributed by atoms with van der Waals surface area (Å²) in [5.41, 5.74) is 6.45. The van der Waals surface area contributed by atoms with E-state index in [1.54, 1.807) is 19.9 Å². The van der Waals surface area contributed by atoms with Crippen LogP contribution in [0.2, 0.25) is 0 Å². The van der Waals surface area contributed by atoms with Gasteiger partial charge < -0.3 is 19.9 Å². The molecule has 0 amide bonds.